The fraction of sp³-hybridized carbons (Fsp3) is 0.478. The summed E-state index contributed by atoms with van der Waals surface area (Å²) in [6.45, 7) is 0.845. The Hall–Kier alpha value is -2.59. The first kappa shape index (κ1) is 30.0. The van der Waals surface area contributed by atoms with Crippen molar-refractivity contribution in [2.75, 3.05) is 53.0 Å². The molecular formula is C23H32N2O10S3. The summed E-state index contributed by atoms with van der Waals surface area (Å²) in [7, 11) is -6.53. The second-order valence-corrected chi connectivity index (χ2v) is 14.6. The summed E-state index contributed by atoms with van der Waals surface area (Å²) in [5.74, 6) is 0.200. The van der Waals surface area contributed by atoms with E-state index < -0.39 is 41.2 Å². The van der Waals surface area contributed by atoms with Crippen molar-refractivity contribution in [2.45, 2.75) is 28.7 Å². The fourth-order valence-electron chi connectivity index (χ4n) is 4.33. The van der Waals surface area contributed by atoms with Gasteiger partial charge >= 0.3 is 0 Å². The van der Waals surface area contributed by atoms with Crippen LogP contribution in [0.2, 0.25) is 0 Å². The van der Waals surface area contributed by atoms with E-state index in [-0.39, 0.29) is 46.6 Å². The van der Waals surface area contributed by atoms with E-state index in [0.29, 0.717) is 11.5 Å². The molecule has 3 rings (SSSR count). The number of sulfone groups is 1. The van der Waals surface area contributed by atoms with E-state index in [4.69, 9.17) is 18.9 Å². The van der Waals surface area contributed by atoms with Crippen LogP contribution in [0.15, 0.2) is 46.2 Å². The Morgan fingerprint density at radius 1 is 0.868 bits per heavy atom. The van der Waals surface area contributed by atoms with Crippen LogP contribution in [0.5, 0.6) is 23.0 Å². The van der Waals surface area contributed by atoms with Crippen LogP contribution in [0, 0.1) is 0 Å². The predicted octanol–water partition coefficient (Wildman–Crippen LogP) is 1.27. The maximum Gasteiger partial charge on any atom is 0.247 e. The van der Waals surface area contributed by atoms with Gasteiger partial charge in [-0.1, -0.05) is 0 Å². The molecule has 0 aromatic heterocycles. The highest BCUT2D eigenvalue weighted by molar-refractivity contribution is 7.92. The third-order valence-corrected chi connectivity index (χ3v) is 11.8. The molecule has 0 unspecified atom stereocenters. The predicted molar refractivity (Wildman–Crippen MR) is 140 cm³/mol. The summed E-state index contributed by atoms with van der Waals surface area (Å²) in [4.78, 5) is -0.368. The molecule has 12 nitrogen and oxygen atoms in total. The Labute approximate surface area is 223 Å². The van der Waals surface area contributed by atoms with Gasteiger partial charge in [0.2, 0.25) is 20.0 Å². The average molecular weight is 593 g/mol. The van der Waals surface area contributed by atoms with Gasteiger partial charge in [-0.05, 0) is 37.6 Å². The molecule has 212 valence electrons. The van der Waals surface area contributed by atoms with Crippen LogP contribution in [0.3, 0.4) is 0 Å². The summed E-state index contributed by atoms with van der Waals surface area (Å²) in [5.41, 5.74) is -1.31. The number of sulfonamides is 2. The van der Waals surface area contributed by atoms with Gasteiger partial charge in [0.25, 0.3) is 0 Å². The largest absolute Gasteiger partial charge is 0.497 e. The van der Waals surface area contributed by atoms with Gasteiger partial charge in [0.15, 0.2) is 9.84 Å². The molecule has 0 radical (unpaired) electrons. The molecule has 0 aliphatic carbocycles. The summed E-state index contributed by atoms with van der Waals surface area (Å²) in [5, 5.41) is 0. The Morgan fingerprint density at radius 3 is 1.87 bits per heavy atom. The first-order valence-electron chi connectivity index (χ1n) is 11.4. The molecule has 0 bridgehead atoms. The van der Waals surface area contributed by atoms with Gasteiger partial charge in [-0.25, -0.2) is 30.0 Å². The lowest BCUT2D eigenvalue weighted by Gasteiger charge is -2.36. The lowest BCUT2D eigenvalue weighted by atomic mass is 10.0. The van der Waals surface area contributed by atoms with Gasteiger partial charge in [-0.3, -0.25) is 0 Å². The zero-order valence-corrected chi connectivity index (χ0v) is 24.2. The van der Waals surface area contributed by atoms with E-state index in [1.54, 1.807) is 0 Å². The zero-order valence-electron chi connectivity index (χ0n) is 21.8. The first-order chi connectivity index (χ1) is 17.7. The van der Waals surface area contributed by atoms with Gasteiger partial charge in [0.05, 0.1) is 39.9 Å². The summed E-state index contributed by atoms with van der Waals surface area (Å²) in [6, 6.07) is 8.32. The molecule has 2 aromatic rings. The van der Waals surface area contributed by atoms with E-state index in [9.17, 15) is 25.3 Å². The number of nitrogens with zero attached hydrogens (tertiary/aromatic N) is 1. The molecular weight excluding hydrogens is 560 g/mol. The highest BCUT2D eigenvalue weighted by Gasteiger charge is 2.48. The zero-order chi connectivity index (χ0) is 28.4. The van der Waals surface area contributed by atoms with Crippen molar-refractivity contribution in [3.8, 4) is 23.0 Å². The van der Waals surface area contributed by atoms with Crippen LogP contribution >= 0.6 is 0 Å². The molecule has 1 aliphatic heterocycles. The summed E-state index contributed by atoms with van der Waals surface area (Å²) in [6.07, 6.45) is 0.0477. The van der Waals surface area contributed by atoms with E-state index in [0.717, 1.165) is 4.31 Å². The Morgan fingerprint density at radius 2 is 1.39 bits per heavy atom. The Bertz CT molecular complexity index is 1490. The van der Waals surface area contributed by atoms with Crippen molar-refractivity contribution in [1.29, 1.82) is 0 Å². The monoisotopic (exact) mass is 592 g/mol. The van der Waals surface area contributed by atoms with Crippen molar-refractivity contribution in [1.82, 2.24) is 9.03 Å². The van der Waals surface area contributed by atoms with E-state index in [1.165, 1.54) is 71.8 Å². The van der Waals surface area contributed by atoms with Crippen LogP contribution in [-0.4, -0.2) is 88.1 Å². The smallest absolute Gasteiger partial charge is 0.247 e. The van der Waals surface area contributed by atoms with Crippen molar-refractivity contribution >= 4 is 29.9 Å². The lowest BCUT2D eigenvalue weighted by molar-refractivity contribution is 0.235. The van der Waals surface area contributed by atoms with Crippen molar-refractivity contribution in [3.05, 3.63) is 36.4 Å². The highest BCUT2D eigenvalue weighted by atomic mass is 32.2. The normalized spacial score (nSPS) is 19.3. The van der Waals surface area contributed by atoms with Crippen LogP contribution in [0.25, 0.3) is 0 Å². The Kier molecular flexibility index (Phi) is 8.88. The maximum atomic E-state index is 13.9. The molecule has 1 fully saturated rings. The molecule has 1 N–H and O–H groups in total. The van der Waals surface area contributed by atoms with Gasteiger partial charge in [-0.15, -0.1) is 0 Å². The molecule has 0 amide bonds. The number of rotatable bonds is 12. The first-order valence-corrected chi connectivity index (χ1v) is 16.1. The quantitative estimate of drug-likeness (QED) is 0.381. The second kappa shape index (κ2) is 11.3. The minimum absolute atomic E-state index is 0.00218. The molecule has 1 saturated heterocycles. The molecule has 0 saturated carbocycles. The molecule has 0 spiro atoms. The number of nitrogens with one attached hydrogen (secondary N) is 1. The summed E-state index contributed by atoms with van der Waals surface area (Å²) >= 11 is 0. The SMILES string of the molecule is COc1ccc(S(=O)(=O)NCCN([C@]2(C)CCS(=O)(=O)C2)S(=O)(=O)c2ccc(OC)cc2OC)c(OC)c1. The average Bonchev–Trinajstić information content (AvgIpc) is 3.18. The number of ether oxygens (including phenoxy) is 4. The van der Waals surface area contributed by atoms with Crippen LogP contribution < -0.4 is 23.7 Å². The van der Waals surface area contributed by atoms with Gasteiger partial charge in [-0.2, -0.15) is 4.31 Å². The molecule has 2 aromatic carbocycles. The number of hydrogen-bond donors (Lipinski definition) is 1. The van der Waals surface area contributed by atoms with E-state index >= 15 is 0 Å². The number of methoxy groups -OCH3 is 4. The molecule has 15 heteroatoms. The Balaban J connectivity index is 1.97. The minimum atomic E-state index is -4.35. The van der Waals surface area contributed by atoms with E-state index in [1.807, 2.05) is 0 Å². The van der Waals surface area contributed by atoms with E-state index in [2.05, 4.69) is 4.72 Å². The number of hydrogen-bond acceptors (Lipinski definition) is 10. The maximum absolute atomic E-state index is 13.9. The van der Waals surface area contributed by atoms with Crippen molar-refractivity contribution in [3.63, 3.8) is 0 Å². The molecule has 1 atom stereocenters. The molecule has 1 aliphatic rings. The van der Waals surface area contributed by atoms with Crippen molar-refractivity contribution < 1.29 is 44.2 Å². The standard InChI is InChI=1S/C23H32N2O10S3/c1-23(10-13-36(26,27)16-23)25(38(30,31)22-9-7-18(33-3)15-20(22)35-5)12-11-24-37(28,29)21-8-6-17(32-2)14-19(21)34-4/h6-9,14-15,24H,10-13,16H2,1-5H3/t23-/m1/s1. The minimum Gasteiger partial charge on any atom is -0.497 e. The topological polar surface area (TPSA) is 155 Å². The molecule has 38 heavy (non-hydrogen) atoms. The third kappa shape index (κ3) is 6.17. The van der Waals surface area contributed by atoms with Crippen molar-refractivity contribution in [2.24, 2.45) is 0 Å². The van der Waals surface area contributed by atoms with Crippen LogP contribution in [-0.2, 0) is 29.9 Å². The fourth-order valence-corrected chi connectivity index (χ4v) is 9.67. The highest BCUT2D eigenvalue weighted by Crippen LogP contribution is 2.37. The third-order valence-electron chi connectivity index (χ3n) is 6.29. The summed E-state index contributed by atoms with van der Waals surface area (Å²) < 4.78 is 103. The second-order valence-electron chi connectivity index (χ2n) is 8.85. The van der Waals surface area contributed by atoms with Gasteiger partial charge in [0.1, 0.15) is 32.8 Å². The van der Waals surface area contributed by atoms with Crippen LogP contribution in [0.1, 0.15) is 13.3 Å². The van der Waals surface area contributed by atoms with Crippen LogP contribution in [0.4, 0.5) is 0 Å². The van der Waals surface area contributed by atoms with Gasteiger partial charge in [0, 0.05) is 30.8 Å². The number of benzene rings is 2. The molecule has 1 heterocycles. The lowest BCUT2D eigenvalue weighted by Crippen LogP contribution is -2.53. The van der Waals surface area contributed by atoms with Gasteiger partial charge < -0.3 is 18.9 Å².